The number of benzene rings is 1. The molecule has 0 saturated heterocycles. The summed E-state index contributed by atoms with van der Waals surface area (Å²) in [4.78, 5) is 11.5. The van der Waals surface area contributed by atoms with Crippen molar-refractivity contribution in [1.82, 2.24) is 0 Å². The maximum atomic E-state index is 11.5. The van der Waals surface area contributed by atoms with Crippen LogP contribution in [0.4, 0.5) is 0 Å². The molecule has 0 heterocycles. The topological polar surface area (TPSA) is 55.8 Å². The standard InChI is InChI=1S/C12H16O4/c1-9-4-5-11(16-7-3-6-13)10(8-9)12(14)15-2/h4-5,8,13H,3,6-7H2,1-2H3. The first-order valence-electron chi connectivity index (χ1n) is 5.11. The summed E-state index contributed by atoms with van der Waals surface area (Å²) in [6.07, 6.45) is 0.536. The number of hydrogen-bond donors (Lipinski definition) is 1. The molecular formula is C12H16O4. The summed E-state index contributed by atoms with van der Waals surface area (Å²) in [6, 6.07) is 5.32. The number of esters is 1. The quantitative estimate of drug-likeness (QED) is 0.609. The molecular weight excluding hydrogens is 208 g/mol. The van der Waals surface area contributed by atoms with Crippen LogP contribution in [-0.2, 0) is 4.74 Å². The van der Waals surface area contributed by atoms with Crippen LogP contribution >= 0.6 is 0 Å². The van der Waals surface area contributed by atoms with Crippen molar-refractivity contribution in [3.8, 4) is 5.75 Å². The van der Waals surface area contributed by atoms with E-state index in [0.29, 0.717) is 24.3 Å². The minimum Gasteiger partial charge on any atom is -0.493 e. The highest BCUT2D eigenvalue weighted by molar-refractivity contribution is 5.92. The largest absolute Gasteiger partial charge is 0.493 e. The first-order chi connectivity index (χ1) is 7.69. The van der Waals surface area contributed by atoms with Gasteiger partial charge in [0.1, 0.15) is 11.3 Å². The molecule has 0 fully saturated rings. The number of hydrogen-bond acceptors (Lipinski definition) is 4. The van der Waals surface area contributed by atoms with E-state index in [1.165, 1.54) is 7.11 Å². The van der Waals surface area contributed by atoms with Crippen molar-refractivity contribution in [2.45, 2.75) is 13.3 Å². The summed E-state index contributed by atoms with van der Waals surface area (Å²) >= 11 is 0. The van der Waals surface area contributed by atoms with Crippen molar-refractivity contribution in [2.75, 3.05) is 20.3 Å². The zero-order chi connectivity index (χ0) is 12.0. The summed E-state index contributed by atoms with van der Waals surface area (Å²) in [5, 5.41) is 8.64. The molecule has 0 atom stereocenters. The van der Waals surface area contributed by atoms with E-state index in [2.05, 4.69) is 4.74 Å². The molecule has 0 bridgehead atoms. The molecule has 0 saturated carbocycles. The van der Waals surface area contributed by atoms with E-state index in [4.69, 9.17) is 9.84 Å². The molecule has 16 heavy (non-hydrogen) atoms. The molecule has 0 aromatic heterocycles. The molecule has 1 aromatic carbocycles. The number of aliphatic hydroxyl groups excluding tert-OH is 1. The van der Waals surface area contributed by atoms with Crippen LogP contribution in [0, 0.1) is 6.92 Å². The SMILES string of the molecule is COC(=O)c1cc(C)ccc1OCCCO. The highest BCUT2D eigenvalue weighted by atomic mass is 16.5. The number of ether oxygens (including phenoxy) is 2. The van der Waals surface area contributed by atoms with Crippen LogP contribution < -0.4 is 4.74 Å². The second kappa shape index (κ2) is 6.12. The van der Waals surface area contributed by atoms with Gasteiger partial charge in [0.15, 0.2) is 0 Å². The van der Waals surface area contributed by atoms with Gasteiger partial charge in [0.05, 0.1) is 13.7 Å². The third-order valence-electron chi connectivity index (χ3n) is 2.10. The van der Waals surface area contributed by atoms with Gasteiger partial charge in [-0.3, -0.25) is 0 Å². The van der Waals surface area contributed by atoms with Gasteiger partial charge in [-0.1, -0.05) is 11.6 Å². The van der Waals surface area contributed by atoms with Crippen LogP contribution in [0.15, 0.2) is 18.2 Å². The van der Waals surface area contributed by atoms with E-state index in [1.54, 1.807) is 12.1 Å². The fourth-order valence-electron chi connectivity index (χ4n) is 1.29. The van der Waals surface area contributed by atoms with Gasteiger partial charge < -0.3 is 14.6 Å². The van der Waals surface area contributed by atoms with Gasteiger partial charge in [-0.15, -0.1) is 0 Å². The molecule has 88 valence electrons. The summed E-state index contributed by atoms with van der Waals surface area (Å²) in [5.74, 6) is 0.0774. The van der Waals surface area contributed by atoms with Crippen LogP contribution in [0.3, 0.4) is 0 Å². The normalized spacial score (nSPS) is 9.94. The van der Waals surface area contributed by atoms with Gasteiger partial charge in [0.2, 0.25) is 0 Å². The predicted molar refractivity (Wildman–Crippen MR) is 59.7 cm³/mol. The van der Waals surface area contributed by atoms with Crippen LogP contribution in [0.25, 0.3) is 0 Å². The van der Waals surface area contributed by atoms with Gasteiger partial charge in [0.25, 0.3) is 0 Å². The molecule has 0 amide bonds. The first-order valence-corrected chi connectivity index (χ1v) is 5.11. The highest BCUT2D eigenvalue weighted by Crippen LogP contribution is 2.21. The van der Waals surface area contributed by atoms with Crippen molar-refractivity contribution < 1.29 is 19.4 Å². The molecule has 1 rings (SSSR count). The Morgan fingerprint density at radius 2 is 2.19 bits per heavy atom. The van der Waals surface area contributed by atoms with Gasteiger partial charge in [-0.05, 0) is 19.1 Å². The Labute approximate surface area is 94.8 Å². The summed E-state index contributed by atoms with van der Waals surface area (Å²) in [7, 11) is 1.34. The highest BCUT2D eigenvalue weighted by Gasteiger charge is 2.12. The monoisotopic (exact) mass is 224 g/mol. The fraction of sp³-hybridized carbons (Fsp3) is 0.417. The smallest absolute Gasteiger partial charge is 0.341 e. The van der Waals surface area contributed by atoms with E-state index in [1.807, 2.05) is 13.0 Å². The van der Waals surface area contributed by atoms with Crippen LogP contribution in [0.2, 0.25) is 0 Å². The van der Waals surface area contributed by atoms with E-state index in [9.17, 15) is 4.79 Å². The second-order valence-corrected chi connectivity index (χ2v) is 3.42. The van der Waals surface area contributed by atoms with Crippen LogP contribution in [0.1, 0.15) is 22.3 Å². The Balaban J connectivity index is 2.85. The summed E-state index contributed by atoms with van der Waals surface area (Å²) in [5.41, 5.74) is 1.38. The minimum absolute atomic E-state index is 0.0689. The Bertz CT molecular complexity index is 360. The molecule has 0 radical (unpaired) electrons. The maximum absolute atomic E-state index is 11.5. The molecule has 0 aliphatic rings. The van der Waals surface area contributed by atoms with Crippen molar-refractivity contribution >= 4 is 5.97 Å². The molecule has 0 spiro atoms. The maximum Gasteiger partial charge on any atom is 0.341 e. The van der Waals surface area contributed by atoms with Crippen molar-refractivity contribution in [3.63, 3.8) is 0 Å². The Kier molecular flexibility index (Phi) is 4.79. The molecule has 0 unspecified atom stereocenters. The average Bonchev–Trinajstić information content (AvgIpc) is 2.30. The lowest BCUT2D eigenvalue weighted by Crippen LogP contribution is -2.07. The van der Waals surface area contributed by atoms with E-state index in [0.717, 1.165) is 5.56 Å². The average molecular weight is 224 g/mol. The van der Waals surface area contributed by atoms with Crippen molar-refractivity contribution in [2.24, 2.45) is 0 Å². The van der Waals surface area contributed by atoms with Crippen LogP contribution in [-0.4, -0.2) is 31.4 Å². The van der Waals surface area contributed by atoms with Gasteiger partial charge in [-0.2, -0.15) is 0 Å². The lowest BCUT2D eigenvalue weighted by atomic mass is 10.1. The molecule has 1 N–H and O–H groups in total. The number of methoxy groups -OCH3 is 1. The Morgan fingerprint density at radius 3 is 2.81 bits per heavy atom. The molecule has 1 aromatic rings. The zero-order valence-electron chi connectivity index (χ0n) is 9.53. The number of carbonyl (C=O) groups is 1. The summed E-state index contributed by atoms with van der Waals surface area (Å²) < 4.78 is 10.1. The lowest BCUT2D eigenvalue weighted by Gasteiger charge is -2.10. The zero-order valence-corrected chi connectivity index (χ0v) is 9.53. The van der Waals surface area contributed by atoms with Crippen molar-refractivity contribution in [1.29, 1.82) is 0 Å². The predicted octanol–water partition coefficient (Wildman–Crippen LogP) is 1.54. The van der Waals surface area contributed by atoms with Gasteiger partial charge in [0, 0.05) is 13.0 Å². The number of carbonyl (C=O) groups excluding carboxylic acids is 1. The fourth-order valence-corrected chi connectivity index (χ4v) is 1.29. The Hall–Kier alpha value is -1.55. The lowest BCUT2D eigenvalue weighted by molar-refractivity contribution is 0.0595. The van der Waals surface area contributed by atoms with E-state index in [-0.39, 0.29) is 6.61 Å². The Morgan fingerprint density at radius 1 is 1.44 bits per heavy atom. The molecule has 4 heteroatoms. The van der Waals surface area contributed by atoms with Crippen LogP contribution in [0.5, 0.6) is 5.75 Å². The van der Waals surface area contributed by atoms with Gasteiger partial charge >= 0.3 is 5.97 Å². The number of aryl methyl sites for hydroxylation is 1. The number of aliphatic hydroxyl groups is 1. The number of rotatable bonds is 5. The third-order valence-corrected chi connectivity index (χ3v) is 2.10. The van der Waals surface area contributed by atoms with E-state index >= 15 is 0 Å². The molecule has 0 aliphatic heterocycles. The summed E-state index contributed by atoms with van der Waals surface area (Å²) in [6.45, 7) is 2.34. The minimum atomic E-state index is -0.414. The molecule has 0 aliphatic carbocycles. The third kappa shape index (κ3) is 3.24. The molecule has 4 nitrogen and oxygen atoms in total. The second-order valence-electron chi connectivity index (χ2n) is 3.42. The first kappa shape index (κ1) is 12.5. The van der Waals surface area contributed by atoms with Crippen molar-refractivity contribution in [3.05, 3.63) is 29.3 Å². The van der Waals surface area contributed by atoms with Gasteiger partial charge in [-0.25, -0.2) is 4.79 Å². The van der Waals surface area contributed by atoms with E-state index < -0.39 is 5.97 Å².